The van der Waals surface area contributed by atoms with Gasteiger partial charge in [0.1, 0.15) is 11.2 Å². The summed E-state index contributed by atoms with van der Waals surface area (Å²) in [6.45, 7) is 5.85. The molecule has 1 aliphatic carbocycles. The van der Waals surface area contributed by atoms with Gasteiger partial charge in [-0.2, -0.15) is 0 Å². The van der Waals surface area contributed by atoms with E-state index in [9.17, 15) is 8.78 Å². The highest BCUT2D eigenvalue weighted by Crippen LogP contribution is 2.29. The van der Waals surface area contributed by atoms with Gasteiger partial charge in [-0.05, 0) is 46.1 Å². The van der Waals surface area contributed by atoms with Crippen molar-refractivity contribution in [2.45, 2.75) is 58.0 Å². The Labute approximate surface area is 133 Å². The molecule has 7 heteroatoms. The smallest absolute Gasteiger partial charge is 0.280 e. The molecule has 2 aromatic rings. The minimum atomic E-state index is -2.63. The van der Waals surface area contributed by atoms with Crippen LogP contribution in [0.1, 0.15) is 52.2 Å². The molecule has 0 unspecified atom stereocenters. The zero-order valence-electron chi connectivity index (χ0n) is 13.5. The minimum absolute atomic E-state index is 0.271. The average molecular weight is 321 g/mol. The Hall–Kier alpha value is -2.05. The first kappa shape index (κ1) is 15.8. The summed E-state index contributed by atoms with van der Waals surface area (Å²) in [5.41, 5.74) is -0.0265. The van der Waals surface area contributed by atoms with Crippen LogP contribution in [-0.2, 0) is 0 Å². The third kappa shape index (κ3) is 3.65. The van der Waals surface area contributed by atoms with Gasteiger partial charge in [-0.1, -0.05) is 0 Å². The van der Waals surface area contributed by atoms with Crippen molar-refractivity contribution in [3.63, 3.8) is 0 Å². The van der Waals surface area contributed by atoms with E-state index in [1.54, 1.807) is 6.20 Å². The quantitative estimate of drug-likeness (QED) is 0.886. The van der Waals surface area contributed by atoms with Gasteiger partial charge in [-0.15, -0.1) is 0 Å². The summed E-state index contributed by atoms with van der Waals surface area (Å²) in [6.07, 6.45) is 2.37. The Balaban J connectivity index is 2.03. The van der Waals surface area contributed by atoms with E-state index in [1.807, 2.05) is 20.8 Å². The van der Waals surface area contributed by atoms with Gasteiger partial charge in [0.15, 0.2) is 5.82 Å². The molecule has 0 spiro atoms. The van der Waals surface area contributed by atoms with E-state index >= 15 is 0 Å². The molecule has 2 aromatic heterocycles. The molecule has 1 saturated carbocycles. The van der Waals surface area contributed by atoms with Crippen molar-refractivity contribution < 1.29 is 8.78 Å². The highest BCUT2D eigenvalue weighted by Gasteiger charge is 2.21. The van der Waals surface area contributed by atoms with E-state index in [-0.39, 0.29) is 11.2 Å². The fourth-order valence-electron chi connectivity index (χ4n) is 2.42. The predicted octanol–water partition coefficient (Wildman–Crippen LogP) is 4.14. The number of alkyl halides is 2. The number of anilines is 2. The molecule has 2 heterocycles. The molecular weight excluding hydrogens is 300 g/mol. The number of pyridine rings is 1. The molecule has 0 aromatic carbocycles. The van der Waals surface area contributed by atoms with Crippen LogP contribution in [0.2, 0.25) is 0 Å². The van der Waals surface area contributed by atoms with E-state index < -0.39 is 6.43 Å². The normalized spacial score (nSPS) is 15.7. The van der Waals surface area contributed by atoms with Gasteiger partial charge in [0.05, 0.1) is 0 Å². The van der Waals surface area contributed by atoms with Gasteiger partial charge in [0.2, 0.25) is 5.95 Å². The molecule has 0 aliphatic heterocycles. The number of halogens is 2. The molecule has 0 amide bonds. The first-order chi connectivity index (χ1) is 10.8. The van der Waals surface area contributed by atoms with Crippen molar-refractivity contribution in [1.82, 2.24) is 15.0 Å². The molecular formula is C16H21F2N5. The monoisotopic (exact) mass is 321 g/mol. The molecule has 0 atom stereocenters. The summed E-state index contributed by atoms with van der Waals surface area (Å²) in [7, 11) is 0. The van der Waals surface area contributed by atoms with E-state index in [0.717, 1.165) is 12.8 Å². The van der Waals surface area contributed by atoms with Crippen molar-refractivity contribution in [3.8, 4) is 0 Å². The maximum atomic E-state index is 13.1. The van der Waals surface area contributed by atoms with Crippen LogP contribution in [-0.4, -0.2) is 26.5 Å². The van der Waals surface area contributed by atoms with Crippen LogP contribution in [0.4, 0.5) is 20.5 Å². The molecule has 5 nitrogen and oxygen atoms in total. The fraction of sp³-hybridized carbons (Fsp3) is 0.562. The van der Waals surface area contributed by atoms with E-state index in [0.29, 0.717) is 28.7 Å². The Morgan fingerprint density at radius 2 is 1.96 bits per heavy atom. The van der Waals surface area contributed by atoms with Gasteiger partial charge < -0.3 is 10.6 Å². The van der Waals surface area contributed by atoms with Gasteiger partial charge in [0.25, 0.3) is 6.43 Å². The van der Waals surface area contributed by atoms with Crippen molar-refractivity contribution >= 4 is 22.7 Å². The Kier molecular flexibility index (Phi) is 4.04. The first-order valence-corrected chi connectivity index (χ1v) is 7.82. The Bertz CT molecular complexity index is 707. The Morgan fingerprint density at radius 3 is 2.52 bits per heavy atom. The van der Waals surface area contributed by atoms with E-state index in [1.165, 1.54) is 12.5 Å². The molecule has 0 radical (unpaired) electrons. The Morgan fingerprint density at radius 1 is 1.22 bits per heavy atom. The van der Waals surface area contributed by atoms with Crippen LogP contribution in [0.3, 0.4) is 0 Å². The van der Waals surface area contributed by atoms with E-state index in [4.69, 9.17) is 0 Å². The number of fused-ring (bicyclic) bond motifs is 1. The summed E-state index contributed by atoms with van der Waals surface area (Å²) in [4.78, 5) is 12.8. The second-order valence-electron chi connectivity index (χ2n) is 6.98. The van der Waals surface area contributed by atoms with Gasteiger partial charge >= 0.3 is 0 Å². The largest absolute Gasteiger partial charge is 0.364 e. The van der Waals surface area contributed by atoms with Crippen LogP contribution in [0.25, 0.3) is 10.9 Å². The van der Waals surface area contributed by atoms with Gasteiger partial charge in [-0.3, -0.25) is 0 Å². The number of nitrogens with one attached hydrogen (secondary N) is 2. The zero-order valence-corrected chi connectivity index (χ0v) is 13.5. The lowest BCUT2D eigenvalue weighted by Crippen LogP contribution is -2.28. The second kappa shape index (κ2) is 5.86. The standard InChI is InChI=1S/C16H21F2N5/c1-16(2,3)23-14-12-9(7-11(21-14)13(17)18)8-19-15(22-12)20-10-5-4-6-10/h7-8,10,13H,4-6H2,1-3H3,(H,21,23)(H,19,20,22). The summed E-state index contributed by atoms with van der Waals surface area (Å²) in [5, 5.41) is 6.99. The third-order valence-electron chi connectivity index (χ3n) is 3.74. The zero-order chi connectivity index (χ0) is 16.6. The minimum Gasteiger partial charge on any atom is -0.364 e. The molecule has 2 N–H and O–H groups in total. The van der Waals surface area contributed by atoms with Crippen molar-refractivity contribution in [3.05, 3.63) is 18.0 Å². The van der Waals surface area contributed by atoms with Crippen molar-refractivity contribution in [2.24, 2.45) is 0 Å². The van der Waals surface area contributed by atoms with Gasteiger partial charge in [-0.25, -0.2) is 23.7 Å². The lowest BCUT2D eigenvalue weighted by molar-refractivity contribution is 0.146. The summed E-state index contributed by atoms with van der Waals surface area (Å²) < 4.78 is 26.1. The molecule has 1 fully saturated rings. The number of hydrogen-bond acceptors (Lipinski definition) is 5. The molecule has 0 bridgehead atoms. The SMILES string of the molecule is CC(C)(C)Nc1nc(C(F)F)cc2cnc(NC3CCC3)nc12. The highest BCUT2D eigenvalue weighted by atomic mass is 19.3. The lowest BCUT2D eigenvalue weighted by atomic mass is 9.93. The summed E-state index contributed by atoms with van der Waals surface area (Å²) in [5.74, 6) is 0.884. The van der Waals surface area contributed by atoms with Crippen molar-refractivity contribution in [2.75, 3.05) is 10.6 Å². The average Bonchev–Trinajstić information content (AvgIpc) is 2.41. The molecule has 0 saturated heterocycles. The van der Waals surface area contributed by atoms with Crippen LogP contribution in [0, 0.1) is 0 Å². The van der Waals surface area contributed by atoms with Crippen LogP contribution in [0.5, 0.6) is 0 Å². The maximum Gasteiger partial charge on any atom is 0.280 e. The molecule has 124 valence electrons. The van der Waals surface area contributed by atoms with Crippen LogP contribution in [0.15, 0.2) is 12.3 Å². The van der Waals surface area contributed by atoms with Gasteiger partial charge in [0, 0.05) is 23.2 Å². The van der Waals surface area contributed by atoms with E-state index in [2.05, 4.69) is 25.6 Å². The number of aromatic nitrogens is 3. The maximum absolute atomic E-state index is 13.1. The summed E-state index contributed by atoms with van der Waals surface area (Å²) >= 11 is 0. The molecule has 23 heavy (non-hydrogen) atoms. The third-order valence-corrected chi connectivity index (χ3v) is 3.74. The summed E-state index contributed by atoms with van der Waals surface area (Å²) in [6, 6.07) is 1.75. The first-order valence-electron chi connectivity index (χ1n) is 7.82. The highest BCUT2D eigenvalue weighted by molar-refractivity contribution is 5.89. The van der Waals surface area contributed by atoms with Crippen molar-refractivity contribution in [1.29, 1.82) is 0 Å². The predicted molar refractivity (Wildman–Crippen MR) is 86.9 cm³/mol. The number of rotatable bonds is 4. The fourth-order valence-corrected chi connectivity index (χ4v) is 2.42. The van der Waals surface area contributed by atoms with Crippen LogP contribution < -0.4 is 10.6 Å². The topological polar surface area (TPSA) is 62.7 Å². The second-order valence-corrected chi connectivity index (χ2v) is 6.98. The number of hydrogen-bond donors (Lipinski definition) is 2. The number of nitrogens with zero attached hydrogens (tertiary/aromatic N) is 3. The van der Waals surface area contributed by atoms with Crippen LogP contribution >= 0.6 is 0 Å². The molecule has 3 rings (SSSR count). The lowest BCUT2D eigenvalue weighted by Gasteiger charge is -2.26. The molecule has 1 aliphatic rings.